The Morgan fingerprint density at radius 1 is 0.774 bits per heavy atom. The van der Waals surface area contributed by atoms with Crippen LogP contribution < -0.4 is 0 Å². The van der Waals surface area contributed by atoms with Gasteiger partial charge in [-0.1, -0.05) is 78.9 Å². The van der Waals surface area contributed by atoms with Crippen LogP contribution >= 0.6 is 0 Å². The van der Waals surface area contributed by atoms with E-state index in [0.717, 1.165) is 22.3 Å². The molecule has 0 fully saturated rings. The second kappa shape index (κ2) is 8.26. The van der Waals surface area contributed by atoms with Gasteiger partial charge in [0, 0.05) is 16.7 Å². The molecule has 5 nitrogen and oxygen atoms in total. The van der Waals surface area contributed by atoms with E-state index in [1.165, 1.54) is 0 Å². The van der Waals surface area contributed by atoms with Gasteiger partial charge in [-0.3, -0.25) is 0 Å². The Bertz CT molecular complexity index is 1050. The number of hydrogen-bond acceptors (Lipinski definition) is 5. The Kier molecular flexibility index (Phi) is 5.51. The van der Waals surface area contributed by atoms with Crippen LogP contribution in [0.4, 0.5) is 4.79 Å². The average molecular weight is 416 g/mol. The molecule has 0 bridgehead atoms. The molecule has 0 aromatic heterocycles. The van der Waals surface area contributed by atoms with E-state index >= 15 is 0 Å². The maximum Gasteiger partial charge on any atom is 0.510 e. The van der Waals surface area contributed by atoms with Crippen LogP contribution in [-0.4, -0.2) is 17.7 Å². The minimum atomic E-state index is -1.22. The second-order valence-corrected chi connectivity index (χ2v) is 8.36. The molecule has 4 rings (SSSR count). The Hall–Kier alpha value is -3.60. The lowest BCUT2D eigenvalue weighted by atomic mass is 10.1. The summed E-state index contributed by atoms with van der Waals surface area (Å²) in [4.78, 5) is 25.6. The van der Waals surface area contributed by atoms with E-state index in [9.17, 15) is 9.59 Å². The first-order valence-corrected chi connectivity index (χ1v) is 10.2. The number of ether oxygens (including phenoxy) is 3. The highest BCUT2D eigenvalue weighted by atomic mass is 16.7. The average Bonchev–Trinajstić information content (AvgIpc) is 3.05. The van der Waals surface area contributed by atoms with Crippen LogP contribution in [0.5, 0.6) is 0 Å². The van der Waals surface area contributed by atoms with Crippen molar-refractivity contribution in [1.82, 2.24) is 0 Å². The lowest BCUT2D eigenvalue weighted by molar-refractivity contribution is -0.167. The van der Waals surface area contributed by atoms with Gasteiger partial charge in [0.2, 0.25) is 6.10 Å². The van der Waals surface area contributed by atoms with Crippen molar-refractivity contribution in [3.8, 4) is 11.1 Å². The zero-order chi connectivity index (χ0) is 22.0. The summed E-state index contributed by atoms with van der Waals surface area (Å²) < 4.78 is 16.7. The fourth-order valence-corrected chi connectivity index (χ4v) is 3.69. The van der Waals surface area contributed by atoms with Crippen LogP contribution in [0.3, 0.4) is 0 Å². The van der Waals surface area contributed by atoms with E-state index in [2.05, 4.69) is 0 Å². The molecule has 0 saturated carbocycles. The first-order chi connectivity index (χ1) is 14.8. The summed E-state index contributed by atoms with van der Waals surface area (Å²) in [5, 5.41) is 0. The first kappa shape index (κ1) is 20.7. The van der Waals surface area contributed by atoms with Crippen LogP contribution in [0.25, 0.3) is 11.1 Å². The molecule has 0 heterocycles. The number of esters is 1. The molecule has 31 heavy (non-hydrogen) atoms. The first-order valence-electron chi connectivity index (χ1n) is 10.2. The molecule has 3 aromatic rings. The highest BCUT2D eigenvalue weighted by Crippen LogP contribution is 2.45. The van der Waals surface area contributed by atoms with Gasteiger partial charge in [-0.25, -0.2) is 9.59 Å². The molecular formula is C26H24O5. The van der Waals surface area contributed by atoms with Crippen LogP contribution in [0.1, 0.15) is 49.7 Å². The number of hydrogen-bond donors (Lipinski definition) is 0. The van der Waals surface area contributed by atoms with Crippen LogP contribution in [0.2, 0.25) is 0 Å². The van der Waals surface area contributed by atoms with Crippen molar-refractivity contribution in [1.29, 1.82) is 0 Å². The molecule has 0 N–H and O–H groups in total. The Morgan fingerprint density at radius 3 is 1.84 bits per heavy atom. The largest absolute Gasteiger partial charge is 0.510 e. The normalized spacial score (nSPS) is 13.6. The van der Waals surface area contributed by atoms with E-state index in [1.54, 1.807) is 45.0 Å². The molecule has 0 amide bonds. The third kappa shape index (κ3) is 4.45. The summed E-state index contributed by atoms with van der Waals surface area (Å²) in [5.41, 5.74) is 3.59. The van der Waals surface area contributed by atoms with E-state index in [-0.39, 0.29) is 0 Å². The van der Waals surface area contributed by atoms with Gasteiger partial charge in [-0.15, -0.1) is 0 Å². The van der Waals surface area contributed by atoms with Crippen molar-refractivity contribution < 1.29 is 23.8 Å². The molecule has 0 saturated heterocycles. The number of carbonyl (C=O) groups is 2. The minimum Gasteiger partial charge on any atom is -0.457 e. The smallest absolute Gasteiger partial charge is 0.457 e. The Morgan fingerprint density at radius 2 is 1.29 bits per heavy atom. The van der Waals surface area contributed by atoms with Crippen molar-refractivity contribution in [2.75, 3.05) is 0 Å². The summed E-state index contributed by atoms with van der Waals surface area (Å²) in [7, 11) is 0. The summed E-state index contributed by atoms with van der Waals surface area (Å²) in [6, 6.07) is 24.3. The van der Waals surface area contributed by atoms with Crippen LogP contribution in [-0.2, 0) is 19.0 Å². The monoisotopic (exact) mass is 416 g/mol. The molecule has 0 spiro atoms. The number of carbonyl (C=O) groups excluding carboxylic acids is 2. The van der Waals surface area contributed by atoms with E-state index in [0.29, 0.717) is 5.56 Å². The summed E-state index contributed by atoms with van der Waals surface area (Å²) in [5.74, 6) is -0.650. The quantitative estimate of drug-likeness (QED) is 0.489. The van der Waals surface area contributed by atoms with E-state index in [4.69, 9.17) is 14.2 Å². The van der Waals surface area contributed by atoms with Gasteiger partial charge in [-0.05, 0) is 31.9 Å². The summed E-state index contributed by atoms with van der Waals surface area (Å²) in [6.45, 7) is 5.28. The highest BCUT2D eigenvalue weighted by Gasteiger charge is 2.35. The van der Waals surface area contributed by atoms with Gasteiger partial charge >= 0.3 is 12.1 Å². The molecule has 1 aliphatic carbocycles. The van der Waals surface area contributed by atoms with Crippen molar-refractivity contribution >= 4 is 12.1 Å². The molecule has 1 aliphatic rings. The Labute approximate surface area is 181 Å². The third-order valence-corrected chi connectivity index (χ3v) is 4.93. The number of benzene rings is 3. The van der Waals surface area contributed by atoms with Crippen molar-refractivity contribution in [2.24, 2.45) is 0 Å². The minimum absolute atomic E-state index is 0.515. The number of fused-ring (bicyclic) bond motifs is 3. The van der Waals surface area contributed by atoms with Gasteiger partial charge in [0.15, 0.2) is 6.10 Å². The molecule has 1 unspecified atom stereocenters. The lowest BCUT2D eigenvalue weighted by Crippen LogP contribution is -2.30. The van der Waals surface area contributed by atoms with Crippen LogP contribution in [0.15, 0.2) is 78.9 Å². The van der Waals surface area contributed by atoms with Crippen LogP contribution in [0, 0.1) is 0 Å². The molecule has 0 aliphatic heterocycles. The van der Waals surface area contributed by atoms with Crippen molar-refractivity contribution in [3.63, 3.8) is 0 Å². The predicted octanol–water partition coefficient (Wildman–Crippen LogP) is 5.99. The fourth-order valence-electron chi connectivity index (χ4n) is 3.69. The lowest BCUT2D eigenvalue weighted by Gasteiger charge is -2.24. The topological polar surface area (TPSA) is 61.8 Å². The maximum atomic E-state index is 12.8. The van der Waals surface area contributed by atoms with Gasteiger partial charge < -0.3 is 14.2 Å². The molecule has 158 valence electrons. The SMILES string of the molecule is CC(C)(C)OC(=O)C(OC(=O)OC1c2ccccc2-c2ccccc21)c1ccccc1. The standard InChI is InChI=1S/C26H24O5/c1-26(2,3)31-24(27)22(17-11-5-4-6-12-17)29-25(28)30-23-20-15-9-7-13-18(20)19-14-8-10-16-21(19)23/h4-16,22-23H,1-3H3. The van der Waals surface area contributed by atoms with Crippen molar-refractivity contribution in [3.05, 3.63) is 95.6 Å². The van der Waals surface area contributed by atoms with E-state index < -0.39 is 29.9 Å². The van der Waals surface area contributed by atoms with Gasteiger partial charge in [0.25, 0.3) is 0 Å². The van der Waals surface area contributed by atoms with Gasteiger partial charge in [0.1, 0.15) is 5.60 Å². The Balaban J connectivity index is 1.58. The van der Waals surface area contributed by atoms with Gasteiger partial charge in [0.05, 0.1) is 0 Å². The highest BCUT2D eigenvalue weighted by molar-refractivity contribution is 5.81. The van der Waals surface area contributed by atoms with E-state index in [1.807, 2.05) is 54.6 Å². The molecule has 3 aromatic carbocycles. The molecule has 0 radical (unpaired) electrons. The fraction of sp³-hybridized carbons (Fsp3) is 0.231. The third-order valence-electron chi connectivity index (χ3n) is 4.93. The van der Waals surface area contributed by atoms with Crippen molar-refractivity contribution in [2.45, 2.75) is 38.6 Å². The van der Waals surface area contributed by atoms with Gasteiger partial charge in [-0.2, -0.15) is 0 Å². The molecular weight excluding hydrogens is 392 g/mol. The zero-order valence-electron chi connectivity index (χ0n) is 17.7. The molecule has 1 atom stereocenters. The second-order valence-electron chi connectivity index (χ2n) is 8.36. The zero-order valence-corrected chi connectivity index (χ0v) is 17.7. The predicted molar refractivity (Wildman–Crippen MR) is 116 cm³/mol. The maximum absolute atomic E-state index is 12.8. The summed E-state index contributed by atoms with van der Waals surface area (Å²) >= 11 is 0. The summed E-state index contributed by atoms with van der Waals surface area (Å²) in [6.07, 6.45) is -2.76. The molecule has 5 heteroatoms. The number of rotatable bonds is 4.